The number of aliphatic hydroxyl groups excluding tert-OH is 2. The molecule has 4 N–H and O–H groups in total. The van der Waals surface area contributed by atoms with Gasteiger partial charge in [-0.05, 0) is 6.42 Å². The molecule has 0 radical (unpaired) electrons. The van der Waals surface area contributed by atoms with Crippen LogP contribution < -0.4 is 5.73 Å². The molecule has 2 rings (SSSR count). The number of aromatic nitrogens is 4. The number of methoxy groups -OCH3 is 1. The molecule has 0 saturated heterocycles. The molecule has 0 bridgehead atoms. The molecule has 122 valence electrons. The van der Waals surface area contributed by atoms with Gasteiger partial charge in [0.15, 0.2) is 11.5 Å². The second kappa shape index (κ2) is 7.48. The molecule has 0 aliphatic carbocycles. The Balaban J connectivity index is 2.24. The lowest BCUT2D eigenvalue weighted by Crippen LogP contribution is -2.33. The SMILES string of the molecule is CCCCc1nc(N)c2ncn(C[C@H](O)[C@H](O)COC)c2n1. The van der Waals surface area contributed by atoms with Crippen LogP contribution in [0, 0.1) is 0 Å². The van der Waals surface area contributed by atoms with Gasteiger partial charge in [0.05, 0.1) is 19.5 Å². The number of rotatable bonds is 8. The van der Waals surface area contributed by atoms with Crippen LogP contribution in [-0.4, -0.2) is 55.7 Å². The van der Waals surface area contributed by atoms with Crippen molar-refractivity contribution in [2.24, 2.45) is 0 Å². The molecule has 2 aromatic heterocycles. The minimum atomic E-state index is -0.979. The van der Waals surface area contributed by atoms with E-state index in [2.05, 4.69) is 21.9 Å². The topological polar surface area (TPSA) is 119 Å². The Hall–Kier alpha value is -1.77. The summed E-state index contributed by atoms with van der Waals surface area (Å²) in [5.41, 5.74) is 7.00. The summed E-state index contributed by atoms with van der Waals surface area (Å²) in [5, 5.41) is 19.8. The molecule has 0 unspecified atom stereocenters. The molecule has 0 aliphatic heterocycles. The van der Waals surface area contributed by atoms with Gasteiger partial charge in [0.25, 0.3) is 0 Å². The Bertz CT molecular complexity index is 616. The van der Waals surface area contributed by atoms with Crippen LogP contribution in [0.4, 0.5) is 5.82 Å². The summed E-state index contributed by atoms with van der Waals surface area (Å²) in [6.45, 7) is 2.32. The third-order valence-electron chi connectivity index (χ3n) is 3.46. The van der Waals surface area contributed by atoms with Crippen LogP contribution in [0.2, 0.25) is 0 Å². The van der Waals surface area contributed by atoms with E-state index in [1.54, 1.807) is 10.9 Å². The van der Waals surface area contributed by atoms with Crippen molar-refractivity contribution in [3.8, 4) is 0 Å². The van der Waals surface area contributed by atoms with Gasteiger partial charge in [-0.15, -0.1) is 0 Å². The molecule has 8 heteroatoms. The minimum Gasteiger partial charge on any atom is -0.388 e. The van der Waals surface area contributed by atoms with E-state index in [4.69, 9.17) is 10.5 Å². The largest absolute Gasteiger partial charge is 0.388 e. The third kappa shape index (κ3) is 3.70. The summed E-state index contributed by atoms with van der Waals surface area (Å²) in [7, 11) is 1.47. The highest BCUT2D eigenvalue weighted by Crippen LogP contribution is 2.17. The predicted octanol–water partition coefficient (Wildman–Crippen LogP) is 0.119. The number of anilines is 1. The Morgan fingerprint density at radius 3 is 2.77 bits per heavy atom. The highest BCUT2D eigenvalue weighted by atomic mass is 16.5. The van der Waals surface area contributed by atoms with Crippen LogP contribution in [0.15, 0.2) is 6.33 Å². The zero-order chi connectivity index (χ0) is 16.1. The fraction of sp³-hybridized carbons (Fsp3) is 0.643. The molecule has 0 spiro atoms. The molecule has 0 saturated carbocycles. The summed E-state index contributed by atoms with van der Waals surface area (Å²) in [5.74, 6) is 1.00. The summed E-state index contributed by atoms with van der Waals surface area (Å²) in [6.07, 6.45) is 2.36. The van der Waals surface area contributed by atoms with Crippen LogP contribution in [0.25, 0.3) is 11.2 Å². The molecule has 0 aromatic carbocycles. The van der Waals surface area contributed by atoms with Gasteiger partial charge in [-0.3, -0.25) is 0 Å². The Morgan fingerprint density at radius 2 is 2.09 bits per heavy atom. The van der Waals surface area contributed by atoms with Gasteiger partial charge in [-0.25, -0.2) is 15.0 Å². The molecule has 2 atom stereocenters. The van der Waals surface area contributed by atoms with Gasteiger partial charge in [0, 0.05) is 13.5 Å². The number of nitrogen functional groups attached to an aromatic ring is 1. The Kier molecular flexibility index (Phi) is 5.64. The summed E-state index contributed by atoms with van der Waals surface area (Å²) < 4.78 is 6.51. The number of fused-ring (bicyclic) bond motifs is 1. The van der Waals surface area contributed by atoms with Crippen molar-refractivity contribution in [3.63, 3.8) is 0 Å². The number of imidazole rings is 1. The van der Waals surface area contributed by atoms with Crippen LogP contribution in [0.3, 0.4) is 0 Å². The zero-order valence-electron chi connectivity index (χ0n) is 12.9. The van der Waals surface area contributed by atoms with E-state index in [9.17, 15) is 10.2 Å². The summed E-state index contributed by atoms with van der Waals surface area (Å²) in [4.78, 5) is 12.9. The van der Waals surface area contributed by atoms with Gasteiger partial charge in [0.2, 0.25) is 0 Å². The van der Waals surface area contributed by atoms with Crippen molar-refractivity contribution in [2.75, 3.05) is 19.5 Å². The molecule has 0 amide bonds. The monoisotopic (exact) mass is 309 g/mol. The normalized spacial score (nSPS) is 14.4. The lowest BCUT2D eigenvalue weighted by Gasteiger charge is -2.17. The van der Waals surface area contributed by atoms with Crippen molar-refractivity contribution < 1.29 is 14.9 Å². The first kappa shape index (κ1) is 16.6. The van der Waals surface area contributed by atoms with E-state index < -0.39 is 12.2 Å². The van der Waals surface area contributed by atoms with Crippen molar-refractivity contribution >= 4 is 17.0 Å². The van der Waals surface area contributed by atoms with E-state index in [1.807, 2.05) is 0 Å². The lowest BCUT2D eigenvalue weighted by molar-refractivity contribution is -0.0322. The highest BCUT2D eigenvalue weighted by Gasteiger charge is 2.19. The fourth-order valence-corrected chi connectivity index (χ4v) is 2.20. The Morgan fingerprint density at radius 1 is 1.32 bits per heavy atom. The predicted molar refractivity (Wildman–Crippen MR) is 82.2 cm³/mol. The molecular weight excluding hydrogens is 286 g/mol. The first-order valence-corrected chi connectivity index (χ1v) is 7.39. The number of nitrogens with zero attached hydrogens (tertiary/aromatic N) is 4. The first-order chi connectivity index (χ1) is 10.6. The van der Waals surface area contributed by atoms with E-state index in [1.165, 1.54) is 7.11 Å². The van der Waals surface area contributed by atoms with Gasteiger partial charge in [-0.2, -0.15) is 0 Å². The van der Waals surface area contributed by atoms with Crippen LogP contribution in [-0.2, 0) is 17.7 Å². The van der Waals surface area contributed by atoms with Gasteiger partial charge >= 0.3 is 0 Å². The standard InChI is InChI=1S/C14H23N5O3/c1-3-4-5-11-17-13(15)12-14(18-11)19(8-16-12)6-9(20)10(21)7-22-2/h8-10,20-21H,3-7H2,1-2H3,(H2,15,17,18)/t9-,10+/m0/s1. The second-order valence-corrected chi connectivity index (χ2v) is 5.29. The lowest BCUT2D eigenvalue weighted by atomic mass is 10.2. The number of hydrogen-bond donors (Lipinski definition) is 3. The maximum atomic E-state index is 10.0. The molecule has 2 aromatic rings. The van der Waals surface area contributed by atoms with E-state index in [-0.39, 0.29) is 13.2 Å². The van der Waals surface area contributed by atoms with Crippen molar-refractivity contribution in [2.45, 2.75) is 44.9 Å². The third-order valence-corrected chi connectivity index (χ3v) is 3.46. The summed E-state index contributed by atoms with van der Waals surface area (Å²) >= 11 is 0. The van der Waals surface area contributed by atoms with Gasteiger partial charge in [0.1, 0.15) is 23.5 Å². The molecule has 22 heavy (non-hydrogen) atoms. The number of hydrogen-bond acceptors (Lipinski definition) is 7. The molecular formula is C14H23N5O3. The van der Waals surface area contributed by atoms with E-state index in [0.29, 0.717) is 22.8 Å². The fourth-order valence-electron chi connectivity index (χ4n) is 2.20. The Labute approximate surface area is 129 Å². The number of aryl methyl sites for hydroxylation is 1. The van der Waals surface area contributed by atoms with Crippen LogP contribution >= 0.6 is 0 Å². The maximum Gasteiger partial charge on any atom is 0.165 e. The molecule has 0 fully saturated rings. The number of unbranched alkanes of at least 4 members (excludes halogenated alkanes) is 1. The summed E-state index contributed by atoms with van der Waals surface area (Å²) in [6, 6.07) is 0. The molecule has 0 aliphatic rings. The zero-order valence-corrected chi connectivity index (χ0v) is 12.9. The van der Waals surface area contributed by atoms with Crippen molar-refractivity contribution in [3.05, 3.63) is 12.2 Å². The average molecular weight is 309 g/mol. The molecule has 2 heterocycles. The minimum absolute atomic E-state index is 0.0622. The van der Waals surface area contributed by atoms with Crippen LogP contribution in [0.1, 0.15) is 25.6 Å². The van der Waals surface area contributed by atoms with E-state index in [0.717, 1.165) is 19.3 Å². The molecule has 8 nitrogen and oxygen atoms in total. The van der Waals surface area contributed by atoms with Gasteiger partial charge < -0.3 is 25.3 Å². The highest BCUT2D eigenvalue weighted by molar-refractivity contribution is 5.81. The first-order valence-electron chi connectivity index (χ1n) is 7.39. The van der Waals surface area contributed by atoms with E-state index >= 15 is 0 Å². The van der Waals surface area contributed by atoms with Crippen molar-refractivity contribution in [1.29, 1.82) is 0 Å². The second-order valence-electron chi connectivity index (χ2n) is 5.29. The van der Waals surface area contributed by atoms with Gasteiger partial charge in [-0.1, -0.05) is 13.3 Å². The van der Waals surface area contributed by atoms with Crippen molar-refractivity contribution in [1.82, 2.24) is 19.5 Å². The van der Waals surface area contributed by atoms with Crippen LogP contribution in [0.5, 0.6) is 0 Å². The quantitative estimate of drug-likeness (QED) is 0.633. The number of ether oxygens (including phenoxy) is 1. The average Bonchev–Trinajstić information content (AvgIpc) is 2.89. The maximum absolute atomic E-state index is 10.0. The number of nitrogens with two attached hydrogens (primary N) is 1. The smallest absolute Gasteiger partial charge is 0.165 e. The number of aliphatic hydroxyl groups is 2.